The van der Waals surface area contributed by atoms with E-state index in [9.17, 15) is 16.8 Å². The molecule has 0 saturated carbocycles. The van der Waals surface area contributed by atoms with Gasteiger partial charge in [-0.1, -0.05) is 6.42 Å². The van der Waals surface area contributed by atoms with E-state index in [-0.39, 0.29) is 9.79 Å². The number of benzene rings is 1. The van der Waals surface area contributed by atoms with Gasteiger partial charge in [0.1, 0.15) is 0 Å². The lowest BCUT2D eigenvalue weighted by Crippen LogP contribution is -2.48. The molecule has 1 aliphatic rings. The molecular formula is C18H27N5O4S2. The molecule has 1 aromatic heterocycles. The molecule has 11 heteroatoms. The molecule has 160 valence electrons. The highest BCUT2D eigenvalue weighted by atomic mass is 32.2. The molecule has 0 amide bonds. The number of primary sulfonamides is 1. The molecule has 0 bridgehead atoms. The van der Waals surface area contributed by atoms with Crippen molar-refractivity contribution < 1.29 is 16.8 Å². The van der Waals surface area contributed by atoms with Crippen molar-refractivity contribution in [3.8, 4) is 0 Å². The summed E-state index contributed by atoms with van der Waals surface area (Å²) in [6.07, 6.45) is 6.99. The van der Waals surface area contributed by atoms with Gasteiger partial charge in [-0.05, 0) is 49.7 Å². The van der Waals surface area contributed by atoms with Gasteiger partial charge >= 0.3 is 0 Å². The van der Waals surface area contributed by atoms with Crippen LogP contribution in [0.1, 0.15) is 19.3 Å². The molecular weight excluding hydrogens is 414 g/mol. The second-order valence-corrected chi connectivity index (χ2v) is 10.6. The summed E-state index contributed by atoms with van der Waals surface area (Å²) in [5.74, 6) is 0. The zero-order chi connectivity index (χ0) is 20.9. The second-order valence-electron chi connectivity index (χ2n) is 7.09. The number of nitrogens with zero attached hydrogens (tertiary/aromatic N) is 4. The largest absolute Gasteiger partial charge is 0.301 e. The Kier molecular flexibility index (Phi) is 7.06. The molecule has 0 aliphatic carbocycles. The summed E-state index contributed by atoms with van der Waals surface area (Å²) in [4.78, 5) is 2.26. The minimum Gasteiger partial charge on any atom is -0.301 e. The van der Waals surface area contributed by atoms with Gasteiger partial charge in [0.2, 0.25) is 20.0 Å². The van der Waals surface area contributed by atoms with Gasteiger partial charge in [-0.15, -0.1) is 0 Å². The first-order chi connectivity index (χ1) is 13.8. The third-order valence-corrected chi connectivity index (χ3v) is 7.88. The van der Waals surface area contributed by atoms with Crippen LogP contribution in [-0.2, 0) is 26.6 Å². The van der Waals surface area contributed by atoms with Gasteiger partial charge in [0, 0.05) is 45.1 Å². The summed E-state index contributed by atoms with van der Waals surface area (Å²) in [7, 11) is -7.48. The first kappa shape index (κ1) is 21.9. The maximum atomic E-state index is 12.8. The van der Waals surface area contributed by atoms with E-state index in [1.54, 1.807) is 6.20 Å². The van der Waals surface area contributed by atoms with Crippen LogP contribution in [0.2, 0.25) is 0 Å². The third kappa shape index (κ3) is 5.86. The summed E-state index contributed by atoms with van der Waals surface area (Å²) in [5, 5.41) is 9.24. The van der Waals surface area contributed by atoms with E-state index in [4.69, 9.17) is 5.14 Å². The summed E-state index contributed by atoms with van der Waals surface area (Å²) in [6, 6.07) is 6.95. The number of piperazine rings is 1. The zero-order valence-electron chi connectivity index (χ0n) is 16.2. The molecule has 2 aromatic rings. The van der Waals surface area contributed by atoms with E-state index in [1.165, 1.54) is 28.6 Å². The smallest absolute Gasteiger partial charge is 0.243 e. The highest BCUT2D eigenvalue weighted by Gasteiger charge is 2.28. The van der Waals surface area contributed by atoms with Gasteiger partial charge < -0.3 is 4.90 Å². The average molecular weight is 442 g/mol. The summed E-state index contributed by atoms with van der Waals surface area (Å²) in [5.41, 5.74) is 0. The molecule has 1 saturated heterocycles. The van der Waals surface area contributed by atoms with Crippen molar-refractivity contribution in [2.45, 2.75) is 35.6 Å². The van der Waals surface area contributed by atoms with Crippen LogP contribution in [0.3, 0.4) is 0 Å². The number of hydrogen-bond acceptors (Lipinski definition) is 6. The van der Waals surface area contributed by atoms with Gasteiger partial charge in [0.05, 0.1) is 9.79 Å². The lowest BCUT2D eigenvalue weighted by molar-refractivity contribution is 0.185. The first-order valence-corrected chi connectivity index (χ1v) is 12.6. The van der Waals surface area contributed by atoms with Gasteiger partial charge in [-0.2, -0.15) is 9.40 Å². The Hall–Kier alpha value is -1.79. The molecule has 3 rings (SSSR count). The van der Waals surface area contributed by atoms with Gasteiger partial charge in [-0.25, -0.2) is 22.0 Å². The highest BCUT2D eigenvalue weighted by molar-refractivity contribution is 7.89. The molecule has 1 aromatic carbocycles. The normalized spacial score (nSPS) is 16.9. The fourth-order valence-electron chi connectivity index (χ4n) is 3.36. The number of rotatable bonds is 9. The Labute approximate surface area is 172 Å². The van der Waals surface area contributed by atoms with E-state index in [0.29, 0.717) is 26.2 Å². The maximum Gasteiger partial charge on any atom is 0.243 e. The SMILES string of the molecule is NS(=O)(=O)c1ccc(S(=O)(=O)N2CCN(CCCCCn3cccn3)CC2)cc1. The first-order valence-electron chi connectivity index (χ1n) is 9.59. The van der Waals surface area contributed by atoms with Crippen LogP contribution in [-0.4, -0.2) is 68.5 Å². The molecule has 29 heavy (non-hydrogen) atoms. The molecule has 9 nitrogen and oxygen atoms in total. The Bertz CT molecular complexity index is 981. The average Bonchev–Trinajstić information content (AvgIpc) is 3.21. The van der Waals surface area contributed by atoms with Crippen LogP contribution in [0.15, 0.2) is 52.5 Å². The van der Waals surface area contributed by atoms with Crippen LogP contribution in [0.25, 0.3) is 0 Å². The van der Waals surface area contributed by atoms with Crippen LogP contribution < -0.4 is 5.14 Å². The molecule has 0 spiro atoms. The van der Waals surface area contributed by atoms with Gasteiger partial charge in [-0.3, -0.25) is 4.68 Å². The molecule has 1 fully saturated rings. The minimum absolute atomic E-state index is 0.0805. The fraction of sp³-hybridized carbons (Fsp3) is 0.500. The maximum absolute atomic E-state index is 12.8. The molecule has 0 radical (unpaired) electrons. The van der Waals surface area contributed by atoms with Crippen LogP contribution in [0.5, 0.6) is 0 Å². The van der Waals surface area contributed by atoms with Crippen LogP contribution in [0, 0.1) is 0 Å². The van der Waals surface area contributed by atoms with E-state index in [2.05, 4.69) is 10.00 Å². The van der Waals surface area contributed by atoms with Crippen molar-refractivity contribution in [2.24, 2.45) is 5.14 Å². The minimum atomic E-state index is -3.84. The van der Waals surface area contributed by atoms with Gasteiger partial charge in [0.25, 0.3) is 0 Å². The van der Waals surface area contributed by atoms with E-state index in [1.807, 2.05) is 16.9 Å². The van der Waals surface area contributed by atoms with Crippen molar-refractivity contribution in [3.05, 3.63) is 42.7 Å². The lowest BCUT2D eigenvalue weighted by Gasteiger charge is -2.34. The topological polar surface area (TPSA) is 119 Å². The number of nitrogens with two attached hydrogens (primary N) is 1. The Morgan fingerprint density at radius 1 is 0.862 bits per heavy atom. The van der Waals surface area contributed by atoms with Crippen molar-refractivity contribution in [1.82, 2.24) is 19.0 Å². The number of aryl methyl sites for hydroxylation is 1. The molecule has 2 N–H and O–H groups in total. The molecule has 1 aliphatic heterocycles. The Morgan fingerprint density at radius 2 is 1.48 bits per heavy atom. The monoisotopic (exact) mass is 441 g/mol. The highest BCUT2D eigenvalue weighted by Crippen LogP contribution is 2.19. The van der Waals surface area contributed by atoms with Gasteiger partial charge in [0.15, 0.2) is 0 Å². The summed E-state index contributed by atoms with van der Waals surface area (Å²) in [6.45, 7) is 4.10. The van der Waals surface area contributed by atoms with E-state index >= 15 is 0 Å². The molecule has 0 unspecified atom stereocenters. The second kappa shape index (κ2) is 9.35. The predicted octanol–water partition coefficient (Wildman–Crippen LogP) is 0.707. The number of unbranched alkanes of at least 4 members (excludes halogenated alkanes) is 2. The lowest BCUT2D eigenvalue weighted by atomic mass is 10.2. The van der Waals surface area contributed by atoms with Crippen molar-refractivity contribution >= 4 is 20.0 Å². The molecule has 2 heterocycles. The quantitative estimate of drug-likeness (QED) is 0.573. The Morgan fingerprint density at radius 3 is 2.07 bits per heavy atom. The zero-order valence-corrected chi connectivity index (χ0v) is 17.9. The van der Waals surface area contributed by atoms with E-state index < -0.39 is 20.0 Å². The summed E-state index contributed by atoms with van der Waals surface area (Å²) >= 11 is 0. The van der Waals surface area contributed by atoms with Crippen molar-refractivity contribution in [3.63, 3.8) is 0 Å². The number of hydrogen-bond donors (Lipinski definition) is 1. The molecule has 0 atom stereocenters. The van der Waals surface area contributed by atoms with Crippen molar-refractivity contribution in [2.75, 3.05) is 32.7 Å². The van der Waals surface area contributed by atoms with Crippen molar-refractivity contribution in [1.29, 1.82) is 0 Å². The Balaban J connectivity index is 1.44. The number of aromatic nitrogens is 2. The standard InChI is InChI=1S/C18H27N5O4S2/c19-28(24,25)17-5-7-18(8-6-17)29(26,27)23-15-13-21(14-16-23)10-2-1-3-11-22-12-4-9-20-22/h4-9,12H,1-3,10-11,13-16H2,(H2,19,24,25). The van der Waals surface area contributed by atoms with Crippen LogP contribution in [0.4, 0.5) is 0 Å². The number of sulfonamides is 2. The summed E-state index contributed by atoms with van der Waals surface area (Å²) < 4.78 is 51.6. The fourth-order valence-corrected chi connectivity index (χ4v) is 5.30. The van der Waals surface area contributed by atoms with Crippen LogP contribution >= 0.6 is 0 Å². The van der Waals surface area contributed by atoms with E-state index in [0.717, 1.165) is 32.4 Å². The predicted molar refractivity (Wildman–Crippen MR) is 109 cm³/mol. The third-order valence-electron chi connectivity index (χ3n) is 5.04.